The zero-order chi connectivity index (χ0) is 14.9. The van der Waals surface area contributed by atoms with Crippen LogP contribution < -0.4 is 0 Å². The van der Waals surface area contributed by atoms with E-state index < -0.39 is 33.7 Å². The maximum atomic E-state index is 13.4. The number of rotatable bonds is 4. The van der Waals surface area contributed by atoms with E-state index in [9.17, 15) is 30.4 Å². The van der Waals surface area contributed by atoms with E-state index in [2.05, 4.69) is 4.18 Å². The van der Waals surface area contributed by atoms with Crippen molar-refractivity contribution in [2.75, 3.05) is 6.61 Å². The molecule has 0 aliphatic carbocycles. The SMILES string of the molecule is Cc1ccc(C(F)(F)COS(=O)(=O)C(F)(F)F)cc1. The minimum Gasteiger partial charge on any atom is -0.256 e. The van der Waals surface area contributed by atoms with Gasteiger partial charge in [0.25, 0.3) is 5.92 Å². The number of aryl methyl sites for hydroxylation is 1. The molecule has 19 heavy (non-hydrogen) atoms. The Balaban J connectivity index is 2.84. The van der Waals surface area contributed by atoms with Crippen molar-refractivity contribution in [3.05, 3.63) is 35.4 Å². The fraction of sp³-hybridized carbons (Fsp3) is 0.400. The first-order chi connectivity index (χ1) is 8.46. The summed E-state index contributed by atoms with van der Waals surface area (Å²) >= 11 is 0. The molecular formula is C10H9F5O3S. The van der Waals surface area contributed by atoms with Gasteiger partial charge in [-0.05, 0) is 6.92 Å². The molecule has 0 heterocycles. The first-order valence-corrected chi connectivity index (χ1v) is 6.27. The van der Waals surface area contributed by atoms with Crippen LogP contribution in [0.5, 0.6) is 0 Å². The molecule has 0 atom stereocenters. The topological polar surface area (TPSA) is 43.4 Å². The average Bonchev–Trinajstić information content (AvgIpc) is 2.26. The fourth-order valence-electron chi connectivity index (χ4n) is 1.10. The molecule has 0 saturated carbocycles. The molecule has 0 bridgehead atoms. The Kier molecular flexibility index (Phi) is 4.20. The highest BCUT2D eigenvalue weighted by molar-refractivity contribution is 7.87. The van der Waals surface area contributed by atoms with E-state index in [4.69, 9.17) is 0 Å². The third kappa shape index (κ3) is 3.87. The van der Waals surface area contributed by atoms with E-state index in [0.29, 0.717) is 5.56 Å². The lowest BCUT2D eigenvalue weighted by molar-refractivity contribution is -0.0746. The van der Waals surface area contributed by atoms with Crippen LogP contribution in [0, 0.1) is 6.92 Å². The Bertz CT molecular complexity index is 533. The van der Waals surface area contributed by atoms with Gasteiger partial charge in [-0.2, -0.15) is 30.4 Å². The lowest BCUT2D eigenvalue weighted by Gasteiger charge is -2.17. The summed E-state index contributed by atoms with van der Waals surface area (Å²) in [5.41, 5.74) is -5.69. The van der Waals surface area contributed by atoms with E-state index in [0.717, 1.165) is 12.1 Å². The Morgan fingerprint density at radius 3 is 1.95 bits per heavy atom. The highest BCUT2D eigenvalue weighted by Gasteiger charge is 2.49. The van der Waals surface area contributed by atoms with Crippen LogP contribution in [-0.2, 0) is 20.2 Å². The molecule has 0 fully saturated rings. The van der Waals surface area contributed by atoms with E-state index >= 15 is 0 Å². The van der Waals surface area contributed by atoms with E-state index in [-0.39, 0.29) is 0 Å². The molecule has 0 amide bonds. The van der Waals surface area contributed by atoms with Crippen LogP contribution in [0.15, 0.2) is 24.3 Å². The first-order valence-electron chi connectivity index (χ1n) is 4.86. The van der Waals surface area contributed by atoms with Crippen LogP contribution in [0.2, 0.25) is 0 Å². The molecule has 9 heteroatoms. The van der Waals surface area contributed by atoms with Gasteiger partial charge in [0.1, 0.15) is 6.61 Å². The van der Waals surface area contributed by atoms with Crippen LogP contribution in [0.3, 0.4) is 0 Å². The number of benzene rings is 1. The summed E-state index contributed by atoms with van der Waals surface area (Å²) in [7, 11) is -6.03. The molecule has 0 spiro atoms. The smallest absolute Gasteiger partial charge is 0.256 e. The largest absolute Gasteiger partial charge is 0.523 e. The van der Waals surface area contributed by atoms with Crippen molar-refractivity contribution in [1.29, 1.82) is 0 Å². The Morgan fingerprint density at radius 1 is 1.05 bits per heavy atom. The number of hydrogen-bond acceptors (Lipinski definition) is 3. The van der Waals surface area contributed by atoms with Crippen LogP contribution in [0.25, 0.3) is 0 Å². The molecule has 0 radical (unpaired) electrons. The maximum absolute atomic E-state index is 13.4. The summed E-state index contributed by atoms with van der Waals surface area (Å²) in [6, 6.07) is 4.61. The highest BCUT2D eigenvalue weighted by atomic mass is 32.2. The van der Waals surface area contributed by atoms with Gasteiger partial charge in [-0.15, -0.1) is 0 Å². The lowest BCUT2D eigenvalue weighted by atomic mass is 10.1. The summed E-state index contributed by atoms with van der Waals surface area (Å²) < 4.78 is 87.0. The van der Waals surface area contributed by atoms with Gasteiger partial charge in [-0.1, -0.05) is 29.8 Å². The summed E-state index contributed by atoms with van der Waals surface area (Å²) in [4.78, 5) is 0. The molecule has 1 aromatic carbocycles. The van der Waals surface area contributed by atoms with Gasteiger partial charge < -0.3 is 0 Å². The van der Waals surface area contributed by atoms with Gasteiger partial charge >= 0.3 is 15.6 Å². The second kappa shape index (κ2) is 5.04. The number of halogens is 5. The monoisotopic (exact) mass is 304 g/mol. The molecule has 0 aliphatic rings. The van der Waals surface area contributed by atoms with Crippen molar-refractivity contribution < 1.29 is 34.6 Å². The van der Waals surface area contributed by atoms with Gasteiger partial charge in [-0.3, -0.25) is 4.18 Å². The minimum absolute atomic E-state index is 0.629. The van der Waals surface area contributed by atoms with Crippen LogP contribution >= 0.6 is 0 Å². The van der Waals surface area contributed by atoms with Crippen molar-refractivity contribution in [2.24, 2.45) is 0 Å². The third-order valence-electron chi connectivity index (χ3n) is 2.15. The molecular weight excluding hydrogens is 295 g/mol. The average molecular weight is 304 g/mol. The van der Waals surface area contributed by atoms with Crippen molar-refractivity contribution >= 4 is 10.1 Å². The van der Waals surface area contributed by atoms with Gasteiger partial charge in [0.05, 0.1) is 0 Å². The third-order valence-corrected chi connectivity index (χ3v) is 3.15. The van der Waals surface area contributed by atoms with Gasteiger partial charge in [0.2, 0.25) is 0 Å². The van der Waals surface area contributed by atoms with Gasteiger partial charge in [-0.25, -0.2) is 0 Å². The summed E-state index contributed by atoms with van der Waals surface area (Å²) in [6.07, 6.45) is 0. The molecule has 0 N–H and O–H groups in total. The standard InChI is InChI=1S/C10H9F5O3S/c1-7-2-4-8(5-3-7)9(11,12)6-18-19(16,17)10(13,14)15/h2-5H,6H2,1H3. The predicted molar refractivity (Wildman–Crippen MR) is 56.0 cm³/mol. The lowest BCUT2D eigenvalue weighted by Crippen LogP contribution is -2.30. The number of hydrogen-bond donors (Lipinski definition) is 0. The Morgan fingerprint density at radius 2 is 1.53 bits per heavy atom. The molecule has 3 nitrogen and oxygen atoms in total. The normalized spacial score (nSPS) is 13.6. The molecule has 0 aromatic heterocycles. The molecule has 1 rings (SSSR count). The molecule has 1 aromatic rings. The number of alkyl halides is 5. The van der Waals surface area contributed by atoms with Crippen LogP contribution in [0.1, 0.15) is 11.1 Å². The molecule has 0 saturated heterocycles. The van der Waals surface area contributed by atoms with Crippen molar-refractivity contribution in [3.8, 4) is 0 Å². The van der Waals surface area contributed by atoms with E-state index in [1.807, 2.05) is 0 Å². The second-order valence-corrected chi connectivity index (χ2v) is 5.34. The quantitative estimate of drug-likeness (QED) is 0.488. The predicted octanol–water partition coefficient (Wildman–Crippen LogP) is 2.95. The molecule has 0 aliphatic heterocycles. The summed E-state index contributed by atoms with van der Waals surface area (Å²) in [5.74, 6) is -3.84. The second-order valence-electron chi connectivity index (χ2n) is 3.73. The zero-order valence-corrected chi connectivity index (χ0v) is 10.4. The summed E-state index contributed by atoms with van der Waals surface area (Å²) in [6.45, 7) is -0.273. The van der Waals surface area contributed by atoms with Gasteiger partial charge in [0, 0.05) is 5.56 Å². The Hall–Kier alpha value is -1.22. The fourth-order valence-corrected chi connectivity index (χ4v) is 1.54. The zero-order valence-electron chi connectivity index (χ0n) is 9.54. The molecule has 0 unspecified atom stereocenters. The van der Waals surface area contributed by atoms with Crippen molar-refractivity contribution in [3.63, 3.8) is 0 Å². The minimum atomic E-state index is -6.03. The van der Waals surface area contributed by atoms with E-state index in [1.165, 1.54) is 12.1 Å². The van der Waals surface area contributed by atoms with Crippen molar-refractivity contribution in [2.45, 2.75) is 18.4 Å². The molecule has 108 valence electrons. The van der Waals surface area contributed by atoms with E-state index in [1.54, 1.807) is 6.92 Å². The van der Waals surface area contributed by atoms with Gasteiger partial charge in [0.15, 0.2) is 0 Å². The van der Waals surface area contributed by atoms with Crippen LogP contribution in [-0.4, -0.2) is 20.5 Å². The maximum Gasteiger partial charge on any atom is 0.523 e. The summed E-state index contributed by atoms with van der Waals surface area (Å²) in [5, 5.41) is 0. The first kappa shape index (κ1) is 15.8. The Labute approximate surface area is 106 Å². The van der Waals surface area contributed by atoms with Crippen molar-refractivity contribution in [1.82, 2.24) is 0 Å². The van der Waals surface area contributed by atoms with Crippen LogP contribution in [0.4, 0.5) is 22.0 Å². The highest BCUT2D eigenvalue weighted by Crippen LogP contribution is 2.31.